The van der Waals surface area contributed by atoms with Gasteiger partial charge in [-0.15, -0.1) is 0 Å². The van der Waals surface area contributed by atoms with E-state index in [-0.39, 0.29) is 16.9 Å². The second-order valence-corrected chi connectivity index (χ2v) is 6.93. The molecular formula is C20H20O12. The zero-order valence-electron chi connectivity index (χ0n) is 16.2. The molecule has 172 valence electrons. The first-order valence-corrected chi connectivity index (χ1v) is 9.20. The number of aliphatic hydroxyl groups is 3. The summed E-state index contributed by atoms with van der Waals surface area (Å²) in [7, 11) is 0. The average molecular weight is 452 g/mol. The van der Waals surface area contributed by atoms with Gasteiger partial charge in [-0.25, -0.2) is 9.59 Å². The SMILES string of the molecule is O=C(OC[C@H]1O[C@@H](OC(=O)c2ccc(O)cc2)[C@H](O)[C@@H](O)[C@@H]1O)c1cc(O)c(O)c(O)c1. The molecule has 1 fully saturated rings. The normalized spacial score (nSPS) is 25.2. The standard InChI is InChI=1S/C20H20O12/c21-10-3-1-8(2-4-10)19(29)32-20-17(27)16(26)15(25)13(31-20)7-30-18(28)9-5-11(22)14(24)12(23)6-9/h1-6,13,15-17,20-27H,7H2/t13-,15-,16+,17-,20+/m1/s1. The van der Waals surface area contributed by atoms with Crippen molar-refractivity contribution in [1.82, 2.24) is 0 Å². The lowest BCUT2D eigenvalue weighted by molar-refractivity contribution is -0.285. The summed E-state index contributed by atoms with van der Waals surface area (Å²) in [6, 6.07) is 6.62. The second-order valence-electron chi connectivity index (χ2n) is 6.93. The van der Waals surface area contributed by atoms with Gasteiger partial charge in [0.05, 0.1) is 11.1 Å². The number of aromatic hydroxyl groups is 4. The van der Waals surface area contributed by atoms with Crippen LogP contribution in [-0.4, -0.2) is 85.0 Å². The van der Waals surface area contributed by atoms with Crippen LogP contribution in [0.15, 0.2) is 36.4 Å². The van der Waals surface area contributed by atoms with Crippen molar-refractivity contribution in [2.24, 2.45) is 0 Å². The fourth-order valence-electron chi connectivity index (χ4n) is 2.89. The lowest BCUT2D eigenvalue weighted by atomic mass is 9.99. The van der Waals surface area contributed by atoms with E-state index in [0.717, 1.165) is 12.1 Å². The van der Waals surface area contributed by atoms with E-state index >= 15 is 0 Å². The van der Waals surface area contributed by atoms with E-state index < -0.39 is 66.5 Å². The number of ether oxygens (including phenoxy) is 3. The highest BCUT2D eigenvalue weighted by Crippen LogP contribution is 2.35. The van der Waals surface area contributed by atoms with Crippen LogP contribution in [0.5, 0.6) is 23.0 Å². The summed E-state index contributed by atoms with van der Waals surface area (Å²) in [5, 5.41) is 67.8. The van der Waals surface area contributed by atoms with E-state index in [1.807, 2.05) is 0 Å². The van der Waals surface area contributed by atoms with Crippen LogP contribution in [0.2, 0.25) is 0 Å². The largest absolute Gasteiger partial charge is 0.508 e. The molecule has 0 unspecified atom stereocenters. The molecule has 0 bridgehead atoms. The van der Waals surface area contributed by atoms with E-state index in [1.54, 1.807) is 0 Å². The molecule has 0 spiro atoms. The van der Waals surface area contributed by atoms with Gasteiger partial charge >= 0.3 is 11.9 Å². The van der Waals surface area contributed by atoms with Crippen LogP contribution in [0, 0.1) is 0 Å². The van der Waals surface area contributed by atoms with Crippen molar-refractivity contribution in [2.75, 3.05) is 6.61 Å². The van der Waals surface area contributed by atoms with Gasteiger partial charge in [-0.1, -0.05) is 0 Å². The molecule has 0 aromatic heterocycles. The van der Waals surface area contributed by atoms with Gasteiger partial charge in [-0.2, -0.15) is 0 Å². The molecule has 32 heavy (non-hydrogen) atoms. The molecule has 7 N–H and O–H groups in total. The molecule has 12 heteroatoms. The Labute approximate surface area is 180 Å². The van der Waals surface area contributed by atoms with Gasteiger partial charge < -0.3 is 50.0 Å². The molecule has 1 aliphatic heterocycles. The number of esters is 2. The highest BCUT2D eigenvalue weighted by atomic mass is 16.7. The van der Waals surface area contributed by atoms with Gasteiger partial charge in [0.15, 0.2) is 17.2 Å². The minimum absolute atomic E-state index is 0.00846. The van der Waals surface area contributed by atoms with E-state index in [1.165, 1.54) is 24.3 Å². The first kappa shape index (κ1) is 23.1. The maximum atomic E-state index is 12.2. The molecule has 1 aliphatic rings. The number of phenols is 4. The number of carbonyl (C=O) groups is 2. The molecule has 0 aliphatic carbocycles. The van der Waals surface area contributed by atoms with Gasteiger partial charge in [-0.3, -0.25) is 0 Å². The molecule has 0 amide bonds. The van der Waals surface area contributed by atoms with Crippen LogP contribution < -0.4 is 0 Å². The van der Waals surface area contributed by atoms with E-state index in [0.29, 0.717) is 0 Å². The highest BCUT2D eigenvalue weighted by molar-refractivity contribution is 5.91. The van der Waals surface area contributed by atoms with E-state index in [9.17, 15) is 45.3 Å². The summed E-state index contributed by atoms with van der Waals surface area (Å²) >= 11 is 0. The van der Waals surface area contributed by atoms with Crippen molar-refractivity contribution in [3.8, 4) is 23.0 Å². The predicted molar refractivity (Wildman–Crippen MR) is 102 cm³/mol. The van der Waals surface area contributed by atoms with Crippen LogP contribution in [0.25, 0.3) is 0 Å². The fourth-order valence-corrected chi connectivity index (χ4v) is 2.89. The summed E-state index contributed by atoms with van der Waals surface area (Å²) in [5.41, 5.74) is -0.326. The third-order valence-corrected chi connectivity index (χ3v) is 4.68. The average Bonchev–Trinajstić information content (AvgIpc) is 2.76. The zero-order chi connectivity index (χ0) is 23.6. The Morgan fingerprint density at radius 3 is 2.00 bits per heavy atom. The molecule has 5 atom stereocenters. The molecule has 0 radical (unpaired) electrons. The summed E-state index contributed by atoms with van der Waals surface area (Å²) in [5.74, 6) is -4.50. The summed E-state index contributed by atoms with van der Waals surface area (Å²) in [6.45, 7) is -0.667. The number of hydrogen-bond acceptors (Lipinski definition) is 12. The fraction of sp³-hybridized carbons (Fsp3) is 0.300. The van der Waals surface area contributed by atoms with Crippen molar-refractivity contribution in [3.63, 3.8) is 0 Å². The zero-order valence-corrected chi connectivity index (χ0v) is 16.2. The number of benzene rings is 2. The number of rotatable bonds is 5. The predicted octanol–water partition coefficient (Wildman–Crippen LogP) is -0.670. The highest BCUT2D eigenvalue weighted by Gasteiger charge is 2.46. The van der Waals surface area contributed by atoms with Gasteiger partial charge in [0.1, 0.15) is 36.8 Å². The molecular weight excluding hydrogens is 432 g/mol. The quantitative estimate of drug-likeness (QED) is 0.223. The van der Waals surface area contributed by atoms with E-state index in [4.69, 9.17) is 14.2 Å². The minimum Gasteiger partial charge on any atom is -0.508 e. The maximum Gasteiger partial charge on any atom is 0.340 e. The van der Waals surface area contributed by atoms with Gasteiger partial charge in [0.25, 0.3) is 0 Å². The van der Waals surface area contributed by atoms with Crippen LogP contribution in [0.4, 0.5) is 0 Å². The molecule has 12 nitrogen and oxygen atoms in total. The third-order valence-electron chi connectivity index (χ3n) is 4.68. The van der Waals surface area contributed by atoms with Crippen molar-refractivity contribution < 1.29 is 59.5 Å². The van der Waals surface area contributed by atoms with Gasteiger partial charge in [0, 0.05) is 0 Å². The lowest BCUT2D eigenvalue weighted by Gasteiger charge is -2.39. The first-order chi connectivity index (χ1) is 15.1. The van der Waals surface area contributed by atoms with Crippen molar-refractivity contribution in [2.45, 2.75) is 30.7 Å². The maximum absolute atomic E-state index is 12.2. The summed E-state index contributed by atoms with van der Waals surface area (Å²) < 4.78 is 15.2. The molecule has 2 aromatic carbocycles. The Morgan fingerprint density at radius 1 is 0.812 bits per heavy atom. The topological polar surface area (TPSA) is 203 Å². The summed E-state index contributed by atoms with van der Waals surface area (Å²) in [6.07, 6.45) is -8.49. The van der Waals surface area contributed by atoms with Crippen molar-refractivity contribution in [3.05, 3.63) is 47.5 Å². The number of phenolic OH excluding ortho intramolecular Hbond substituents is 4. The summed E-state index contributed by atoms with van der Waals surface area (Å²) in [4.78, 5) is 24.4. The lowest BCUT2D eigenvalue weighted by Crippen LogP contribution is -2.59. The van der Waals surface area contributed by atoms with Crippen molar-refractivity contribution >= 4 is 11.9 Å². The monoisotopic (exact) mass is 452 g/mol. The Hall–Kier alpha value is -3.58. The van der Waals surface area contributed by atoms with Crippen molar-refractivity contribution in [1.29, 1.82) is 0 Å². The third kappa shape index (κ3) is 4.84. The van der Waals surface area contributed by atoms with Crippen LogP contribution in [-0.2, 0) is 14.2 Å². The smallest absolute Gasteiger partial charge is 0.340 e. The Kier molecular flexibility index (Phi) is 6.69. The Balaban J connectivity index is 1.66. The molecule has 2 aromatic rings. The van der Waals surface area contributed by atoms with Gasteiger partial charge in [0.2, 0.25) is 6.29 Å². The second kappa shape index (κ2) is 9.28. The Bertz CT molecular complexity index is 966. The molecule has 3 rings (SSSR count). The van der Waals surface area contributed by atoms with Gasteiger partial charge in [-0.05, 0) is 36.4 Å². The Morgan fingerprint density at radius 2 is 1.41 bits per heavy atom. The molecule has 1 saturated heterocycles. The van der Waals surface area contributed by atoms with Crippen LogP contribution >= 0.6 is 0 Å². The molecule has 1 heterocycles. The van der Waals surface area contributed by atoms with Crippen LogP contribution in [0.3, 0.4) is 0 Å². The van der Waals surface area contributed by atoms with E-state index in [2.05, 4.69) is 0 Å². The minimum atomic E-state index is -1.82. The van der Waals surface area contributed by atoms with Crippen LogP contribution in [0.1, 0.15) is 20.7 Å². The number of aliphatic hydroxyl groups excluding tert-OH is 3. The first-order valence-electron chi connectivity index (χ1n) is 9.20. The number of carbonyl (C=O) groups excluding carboxylic acids is 2. The molecule has 0 saturated carbocycles. The number of hydrogen-bond donors (Lipinski definition) is 7.